The largest absolute Gasteiger partial charge is 0.458 e. The van der Waals surface area contributed by atoms with Gasteiger partial charge in [-0.25, -0.2) is 4.57 Å². The average molecular weight is 189 g/mol. The smallest absolute Gasteiger partial charge is 0.390 e. The first-order chi connectivity index (χ1) is 5.61. The van der Waals surface area contributed by atoms with Gasteiger partial charge in [0.25, 0.3) is 0 Å². The van der Waals surface area contributed by atoms with Crippen molar-refractivity contribution in [2.24, 2.45) is 0 Å². The second-order valence-electron chi connectivity index (χ2n) is 2.03. The van der Waals surface area contributed by atoms with E-state index in [4.69, 9.17) is 11.6 Å². The van der Waals surface area contributed by atoms with Gasteiger partial charge in [-0.15, -0.1) is 0 Å². The second kappa shape index (κ2) is 3.31. The molecule has 0 aliphatic heterocycles. The number of aromatic nitrogens is 3. The van der Waals surface area contributed by atoms with E-state index in [1.54, 1.807) is 0 Å². The Balaban J connectivity index is 2.91. The Labute approximate surface area is 72.6 Å². The van der Waals surface area contributed by atoms with E-state index in [-0.39, 0.29) is 17.5 Å². The first kappa shape index (κ1) is 8.66. The number of rotatable bonds is 3. The maximum Gasteiger partial charge on any atom is 0.458 e. The summed E-state index contributed by atoms with van der Waals surface area (Å²) in [5, 5.41) is 17.2. The van der Waals surface area contributed by atoms with Crippen LogP contribution in [0.2, 0.25) is 0 Å². The van der Waals surface area contributed by atoms with Gasteiger partial charge in [0.1, 0.15) is 6.54 Å². The number of nitro groups is 1. The van der Waals surface area contributed by atoms with Gasteiger partial charge in [-0.2, -0.15) is 0 Å². The molecule has 1 rings (SSSR count). The minimum absolute atomic E-state index is 0.144. The van der Waals surface area contributed by atoms with Crippen LogP contribution in [0, 0.1) is 10.1 Å². The van der Waals surface area contributed by atoms with E-state index < -0.39 is 4.92 Å². The summed E-state index contributed by atoms with van der Waals surface area (Å²) in [7, 11) is 0. The number of hydrogen-bond acceptors (Lipinski definition) is 4. The van der Waals surface area contributed by atoms with Crippen LogP contribution in [-0.2, 0) is 6.54 Å². The molecule has 0 aliphatic carbocycles. The zero-order valence-electron chi connectivity index (χ0n) is 5.97. The fraction of sp³-hybridized carbons (Fsp3) is 0.200. The van der Waals surface area contributed by atoms with Crippen LogP contribution in [0.25, 0.3) is 0 Å². The molecule has 1 heterocycles. The van der Waals surface area contributed by atoms with Crippen LogP contribution in [0.3, 0.4) is 0 Å². The van der Waals surface area contributed by atoms with Crippen molar-refractivity contribution in [1.82, 2.24) is 14.8 Å². The third-order valence-corrected chi connectivity index (χ3v) is 1.22. The quantitative estimate of drug-likeness (QED) is 0.523. The molecule has 0 aromatic carbocycles. The Bertz CT molecular complexity index is 321. The monoisotopic (exact) mass is 188 g/mol. The molecule has 0 radical (unpaired) electrons. The highest BCUT2D eigenvalue weighted by Gasteiger charge is 2.15. The van der Waals surface area contributed by atoms with Crippen molar-refractivity contribution >= 4 is 17.5 Å². The summed E-state index contributed by atoms with van der Waals surface area (Å²) in [5.74, 6) is -0.336. The van der Waals surface area contributed by atoms with Crippen molar-refractivity contribution in [3.63, 3.8) is 0 Å². The Hall–Kier alpha value is -1.43. The first-order valence-corrected chi connectivity index (χ1v) is 3.34. The lowest BCUT2D eigenvalue weighted by Crippen LogP contribution is -2.02. The number of halogens is 1. The molecule has 0 amide bonds. The maximum atomic E-state index is 10.3. The number of nitrogens with zero attached hydrogens (tertiary/aromatic N) is 4. The topological polar surface area (TPSA) is 73.8 Å². The number of allylic oxidation sites excluding steroid dienone is 1. The summed E-state index contributed by atoms with van der Waals surface area (Å²) in [6, 6.07) is 0. The van der Waals surface area contributed by atoms with E-state index in [9.17, 15) is 10.1 Å². The lowest BCUT2D eigenvalue weighted by Gasteiger charge is -1.96. The molecule has 0 bridgehead atoms. The van der Waals surface area contributed by atoms with Crippen molar-refractivity contribution < 1.29 is 4.92 Å². The predicted octanol–water partition coefficient (Wildman–Crippen LogP) is 0.939. The van der Waals surface area contributed by atoms with Gasteiger partial charge in [0.15, 0.2) is 6.33 Å². The minimum Gasteiger partial charge on any atom is -0.390 e. The van der Waals surface area contributed by atoms with Gasteiger partial charge >= 0.3 is 5.95 Å². The molecule has 6 nitrogen and oxygen atoms in total. The first-order valence-electron chi connectivity index (χ1n) is 2.96. The van der Waals surface area contributed by atoms with Crippen LogP contribution in [0.15, 0.2) is 17.9 Å². The van der Waals surface area contributed by atoms with E-state index in [0.717, 1.165) is 0 Å². The maximum absolute atomic E-state index is 10.3. The van der Waals surface area contributed by atoms with Crippen LogP contribution in [-0.4, -0.2) is 19.7 Å². The van der Waals surface area contributed by atoms with Gasteiger partial charge in [0.05, 0.1) is 5.10 Å². The van der Waals surface area contributed by atoms with Crippen LogP contribution < -0.4 is 0 Å². The molecule has 1 aromatic rings. The Morgan fingerprint density at radius 1 is 1.92 bits per heavy atom. The Kier molecular flexibility index (Phi) is 2.39. The van der Waals surface area contributed by atoms with E-state index >= 15 is 0 Å². The zero-order chi connectivity index (χ0) is 9.14. The van der Waals surface area contributed by atoms with Gasteiger partial charge < -0.3 is 10.1 Å². The Morgan fingerprint density at radius 2 is 2.58 bits per heavy atom. The molecule has 64 valence electrons. The minimum atomic E-state index is -0.632. The second-order valence-corrected chi connectivity index (χ2v) is 2.57. The summed E-state index contributed by atoms with van der Waals surface area (Å²) in [6.07, 6.45) is 1.23. The lowest BCUT2D eigenvalue weighted by atomic mass is 10.6. The van der Waals surface area contributed by atoms with Crippen molar-refractivity contribution in [3.8, 4) is 0 Å². The summed E-state index contributed by atoms with van der Waals surface area (Å²) < 4.78 is 1.20. The number of hydrogen-bond donors (Lipinski definition) is 0. The highest BCUT2D eigenvalue weighted by atomic mass is 35.5. The molecule has 0 unspecified atom stereocenters. The molecule has 1 aromatic heterocycles. The summed E-state index contributed by atoms with van der Waals surface area (Å²) in [4.78, 5) is 9.64. The van der Waals surface area contributed by atoms with Crippen LogP contribution in [0.1, 0.15) is 0 Å². The van der Waals surface area contributed by atoms with E-state index in [1.165, 1.54) is 10.9 Å². The molecule has 0 saturated carbocycles. The van der Waals surface area contributed by atoms with Gasteiger partial charge in [0, 0.05) is 5.03 Å². The molecule has 0 atom stereocenters. The molecule has 0 N–H and O–H groups in total. The summed E-state index contributed by atoms with van der Waals surface area (Å²) in [6.45, 7) is 3.54. The third kappa shape index (κ3) is 1.79. The third-order valence-electron chi connectivity index (χ3n) is 1.10. The van der Waals surface area contributed by atoms with Gasteiger partial charge in [0.2, 0.25) is 0 Å². The van der Waals surface area contributed by atoms with E-state index in [0.29, 0.717) is 0 Å². The van der Waals surface area contributed by atoms with Gasteiger partial charge in [-0.05, 0) is 10.0 Å². The highest BCUT2D eigenvalue weighted by Crippen LogP contribution is 2.09. The van der Waals surface area contributed by atoms with E-state index in [1.807, 2.05) is 0 Å². The Morgan fingerprint density at radius 3 is 3.08 bits per heavy atom. The van der Waals surface area contributed by atoms with Crippen LogP contribution >= 0.6 is 11.6 Å². The van der Waals surface area contributed by atoms with Crippen LogP contribution in [0.5, 0.6) is 0 Å². The normalized spacial score (nSPS) is 9.75. The molecule has 12 heavy (non-hydrogen) atoms. The SMILES string of the molecule is C=C(Cl)Cn1cnnc1[N+](=O)[O-]. The fourth-order valence-corrected chi connectivity index (χ4v) is 0.815. The highest BCUT2D eigenvalue weighted by molar-refractivity contribution is 6.29. The van der Waals surface area contributed by atoms with Crippen molar-refractivity contribution in [2.45, 2.75) is 6.54 Å². The molecular formula is C5H5ClN4O2. The average Bonchev–Trinajstić information content (AvgIpc) is 2.33. The summed E-state index contributed by atoms with van der Waals surface area (Å²) in [5.41, 5.74) is 0. The molecule has 0 fully saturated rings. The van der Waals surface area contributed by atoms with E-state index in [2.05, 4.69) is 16.8 Å². The van der Waals surface area contributed by atoms with Crippen LogP contribution in [0.4, 0.5) is 5.95 Å². The standard InChI is InChI=1S/C5H5ClN4O2/c1-4(6)2-9-3-7-8-5(9)10(11)12/h3H,1-2H2. The predicted molar refractivity (Wildman–Crippen MR) is 41.7 cm³/mol. The van der Waals surface area contributed by atoms with Gasteiger partial charge in [-0.1, -0.05) is 18.2 Å². The molecule has 0 aliphatic rings. The van der Waals surface area contributed by atoms with Crippen molar-refractivity contribution in [1.29, 1.82) is 0 Å². The zero-order valence-corrected chi connectivity index (χ0v) is 6.73. The lowest BCUT2D eigenvalue weighted by molar-refractivity contribution is -0.396. The van der Waals surface area contributed by atoms with Crippen molar-refractivity contribution in [2.75, 3.05) is 0 Å². The van der Waals surface area contributed by atoms with Crippen molar-refractivity contribution in [3.05, 3.63) is 28.1 Å². The van der Waals surface area contributed by atoms with Gasteiger partial charge in [-0.3, -0.25) is 0 Å². The molecule has 0 saturated heterocycles. The molecule has 0 spiro atoms. The molecule has 7 heteroatoms. The summed E-state index contributed by atoms with van der Waals surface area (Å²) >= 11 is 5.45. The molecular weight excluding hydrogens is 184 g/mol. The fourth-order valence-electron chi connectivity index (χ4n) is 0.687.